The third kappa shape index (κ3) is 4.87. The zero-order valence-corrected chi connectivity index (χ0v) is 17.1. The Morgan fingerprint density at radius 2 is 2.04 bits per heavy atom. The van der Waals surface area contributed by atoms with E-state index in [1.807, 2.05) is 12.1 Å². The first-order valence-corrected chi connectivity index (χ1v) is 10.2. The van der Waals surface area contributed by atoms with Crippen LogP contribution in [0.5, 0.6) is 0 Å². The summed E-state index contributed by atoms with van der Waals surface area (Å²) in [5.74, 6) is 1.53. The maximum Gasteiger partial charge on any atom is 0.215 e. The number of pyridine rings is 2. The van der Waals surface area contributed by atoms with E-state index < -0.39 is 0 Å². The molecule has 0 spiro atoms. The Kier molecular flexibility index (Phi) is 6.62. The van der Waals surface area contributed by atoms with Crippen molar-refractivity contribution in [3.63, 3.8) is 0 Å². The van der Waals surface area contributed by atoms with Crippen LogP contribution in [0.1, 0.15) is 56.1 Å². The van der Waals surface area contributed by atoms with Crippen LogP contribution in [0.2, 0.25) is 0 Å². The minimum absolute atomic E-state index is 0.188. The van der Waals surface area contributed by atoms with E-state index in [0.29, 0.717) is 29.3 Å². The minimum Gasteiger partial charge on any atom is -0.383 e. The molecule has 0 amide bonds. The summed E-state index contributed by atoms with van der Waals surface area (Å²) >= 11 is 0. The maximum atomic E-state index is 12.9. The number of nitrogens with zero attached hydrogens (tertiary/aromatic N) is 3. The molecule has 1 fully saturated rings. The molecule has 0 bridgehead atoms. The number of hydrogen-bond acceptors (Lipinski definition) is 6. The van der Waals surface area contributed by atoms with Gasteiger partial charge in [0.25, 0.3) is 0 Å². The number of hydrogen-bond donors (Lipinski definition) is 2. The second-order valence-corrected chi connectivity index (χ2v) is 8.03. The van der Waals surface area contributed by atoms with Crippen molar-refractivity contribution in [2.24, 2.45) is 5.92 Å². The molecule has 6 heteroatoms. The second kappa shape index (κ2) is 9.15. The van der Waals surface area contributed by atoms with Gasteiger partial charge in [0.05, 0.1) is 5.56 Å². The van der Waals surface area contributed by atoms with Crippen LogP contribution in [0.25, 0.3) is 0 Å². The molecule has 2 aromatic rings. The van der Waals surface area contributed by atoms with E-state index in [2.05, 4.69) is 41.0 Å². The normalized spacial score (nSPS) is 19.8. The number of piperazine rings is 1. The van der Waals surface area contributed by atoms with E-state index in [1.54, 1.807) is 24.4 Å². The zero-order valence-electron chi connectivity index (χ0n) is 17.1. The van der Waals surface area contributed by atoms with Gasteiger partial charge in [0.1, 0.15) is 17.3 Å². The van der Waals surface area contributed by atoms with E-state index in [0.717, 1.165) is 38.2 Å². The smallest absolute Gasteiger partial charge is 0.215 e. The maximum absolute atomic E-state index is 12.9. The molecule has 2 aromatic heterocycles. The van der Waals surface area contributed by atoms with Crippen LogP contribution < -0.4 is 16.0 Å². The number of carbonyl (C=O) groups is 1. The highest BCUT2D eigenvalue weighted by atomic mass is 16.1. The van der Waals surface area contributed by atoms with Crippen LogP contribution in [0.4, 0.5) is 11.6 Å². The SMILES string of the molecule is CCC[C@H]1CN(c2cccc(C(=O)c3cccnc3N)n2)C[C@@H](CC(C)C)N1. The van der Waals surface area contributed by atoms with Crippen molar-refractivity contribution in [3.05, 3.63) is 47.8 Å². The first-order valence-electron chi connectivity index (χ1n) is 10.2. The lowest BCUT2D eigenvalue weighted by Crippen LogP contribution is -2.57. The highest BCUT2D eigenvalue weighted by Gasteiger charge is 2.27. The Hall–Kier alpha value is -2.47. The fraction of sp³-hybridized carbons (Fsp3) is 0.500. The molecule has 3 rings (SSSR count). The Morgan fingerprint density at radius 1 is 1.25 bits per heavy atom. The van der Waals surface area contributed by atoms with Gasteiger partial charge in [-0.2, -0.15) is 0 Å². The summed E-state index contributed by atoms with van der Waals surface area (Å²) in [7, 11) is 0. The summed E-state index contributed by atoms with van der Waals surface area (Å²) in [6.45, 7) is 8.53. The van der Waals surface area contributed by atoms with Gasteiger partial charge in [0.2, 0.25) is 5.78 Å². The first-order chi connectivity index (χ1) is 13.5. The lowest BCUT2D eigenvalue weighted by Gasteiger charge is -2.40. The van der Waals surface area contributed by atoms with Crippen molar-refractivity contribution in [1.82, 2.24) is 15.3 Å². The fourth-order valence-corrected chi connectivity index (χ4v) is 3.94. The summed E-state index contributed by atoms with van der Waals surface area (Å²) < 4.78 is 0. The van der Waals surface area contributed by atoms with Crippen molar-refractivity contribution >= 4 is 17.4 Å². The third-order valence-corrected chi connectivity index (χ3v) is 5.12. The van der Waals surface area contributed by atoms with Crippen molar-refractivity contribution in [2.75, 3.05) is 23.7 Å². The van der Waals surface area contributed by atoms with Gasteiger partial charge in [0, 0.05) is 31.4 Å². The molecular weight excluding hydrogens is 350 g/mol. The molecule has 6 nitrogen and oxygen atoms in total. The Labute approximate surface area is 167 Å². The molecule has 2 atom stereocenters. The number of nitrogens with two attached hydrogens (primary N) is 1. The molecule has 0 unspecified atom stereocenters. The lowest BCUT2D eigenvalue weighted by molar-refractivity contribution is 0.103. The minimum atomic E-state index is -0.188. The number of nitrogens with one attached hydrogen (secondary N) is 1. The first kappa shape index (κ1) is 20.3. The fourth-order valence-electron chi connectivity index (χ4n) is 3.94. The summed E-state index contributed by atoms with van der Waals surface area (Å²) in [6.07, 6.45) is 4.99. The van der Waals surface area contributed by atoms with Gasteiger partial charge in [-0.05, 0) is 43.0 Å². The van der Waals surface area contributed by atoms with Crippen LogP contribution in [-0.4, -0.2) is 40.9 Å². The molecule has 28 heavy (non-hydrogen) atoms. The molecule has 0 radical (unpaired) electrons. The molecule has 1 aliphatic rings. The van der Waals surface area contributed by atoms with Crippen molar-refractivity contribution in [1.29, 1.82) is 0 Å². The third-order valence-electron chi connectivity index (χ3n) is 5.12. The van der Waals surface area contributed by atoms with E-state index in [1.165, 1.54) is 0 Å². The molecule has 0 saturated carbocycles. The number of carbonyl (C=O) groups excluding carboxylic acids is 1. The standard InChI is InChI=1S/C22H31N5O/c1-4-7-16-13-27(14-17(25-16)12-15(2)3)20-10-5-9-19(26-20)21(28)18-8-6-11-24-22(18)23/h5-6,8-11,15-17,25H,4,7,12-14H2,1-3H3,(H2,23,24)/t16-,17+/m0/s1. The molecule has 3 N–H and O–H groups in total. The topological polar surface area (TPSA) is 84.1 Å². The van der Waals surface area contributed by atoms with Gasteiger partial charge in [-0.15, -0.1) is 0 Å². The van der Waals surface area contributed by atoms with E-state index >= 15 is 0 Å². The summed E-state index contributed by atoms with van der Waals surface area (Å²) in [5, 5.41) is 3.79. The van der Waals surface area contributed by atoms with Crippen molar-refractivity contribution < 1.29 is 4.79 Å². The highest BCUT2D eigenvalue weighted by molar-refractivity contribution is 6.10. The highest BCUT2D eigenvalue weighted by Crippen LogP contribution is 2.21. The van der Waals surface area contributed by atoms with Gasteiger partial charge in [0.15, 0.2) is 0 Å². The molecular formula is C22H31N5O. The second-order valence-electron chi connectivity index (χ2n) is 8.03. The summed E-state index contributed by atoms with van der Waals surface area (Å²) in [4.78, 5) is 23.9. The van der Waals surface area contributed by atoms with Gasteiger partial charge < -0.3 is 16.0 Å². The van der Waals surface area contributed by atoms with E-state index in [9.17, 15) is 4.79 Å². The molecule has 1 aliphatic heterocycles. The summed E-state index contributed by atoms with van der Waals surface area (Å²) in [6, 6.07) is 9.92. The molecule has 1 saturated heterocycles. The van der Waals surface area contributed by atoms with Crippen molar-refractivity contribution in [3.8, 4) is 0 Å². The number of anilines is 2. The van der Waals surface area contributed by atoms with Gasteiger partial charge in [-0.1, -0.05) is 33.3 Å². The van der Waals surface area contributed by atoms with Crippen LogP contribution in [-0.2, 0) is 0 Å². The zero-order chi connectivity index (χ0) is 20.1. The largest absolute Gasteiger partial charge is 0.383 e. The van der Waals surface area contributed by atoms with Gasteiger partial charge >= 0.3 is 0 Å². The Balaban J connectivity index is 1.83. The molecule has 0 aromatic carbocycles. The number of ketones is 1. The van der Waals surface area contributed by atoms with Gasteiger partial charge in [-0.25, -0.2) is 9.97 Å². The Morgan fingerprint density at radius 3 is 2.75 bits per heavy atom. The predicted octanol–water partition coefficient (Wildman–Crippen LogP) is 3.28. The van der Waals surface area contributed by atoms with Gasteiger partial charge in [-0.3, -0.25) is 4.79 Å². The van der Waals surface area contributed by atoms with Crippen LogP contribution in [0.15, 0.2) is 36.5 Å². The van der Waals surface area contributed by atoms with Crippen LogP contribution >= 0.6 is 0 Å². The number of aromatic nitrogens is 2. The van der Waals surface area contributed by atoms with Crippen LogP contribution in [0, 0.1) is 5.92 Å². The van der Waals surface area contributed by atoms with Crippen molar-refractivity contribution in [2.45, 2.75) is 52.1 Å². The van der Waals surface area contributed by atoms with E-state index in [-0.39, 0.29) is 11.6 Å². The number of rotatable bonds is 7. The average molecular weight is 382 g/mol. The average Bonchev–Trinajstić information content (AvgIpc) is 2.67. The Bertz CT molecular complexity index is 807. The molecule has 3 heterocycles. The molecule has 150 valence electrons. The summed E-state index contributed by atoms with van der Waals surface area (Å²) in [5.41, 5.74) is 6.68. The number of nitrogen functional groups attached to an aromatic ring is 1. The predicted molar refractivity (Wildman–Crippen MR) is 114 cm³/mol. The molecule has 0 aliphatic carbocycles. The van der Waals surface area contributed by atoms with E-state index in [4.69, 9.17) is 5.73 Å². The quantitative estimate of drug-likeness (QED) is 0.716. The lowest BCUT2D eigenvalue weighted by atomic mass is 9.98. The monoisotopic (exact) mass is 381 g/mol. The van der Waals surface area contributed by atoms with Crippen LogP contribution in [0.3, 0.4) is 0 Å².